The average Bonchev–Trinajstić information content (AvgIpc) is 2.63. The van der Waals surface area contributed by atoms with E-state index in [1.165, 1.54) is 12.8 Å². The highest BCUT2D eigenvalue weighted by Crippen LogP contribution is 2.26. The van der Waals surface area contributed by atoms with E-state index in [2.05, 4.69) is 12.7 Å². The second-order valence-electron chi connectivity index (χ2n) is 2.19. The summed E-state index contributed by atoms with van der Waals surface area (Å²) < 4.78 is 5.14. The monoisotopic (exact) mass is 124 g/mol. The fourth-order valence-corrected chi connectivity index (χ4v) is 0.604. The second kappa shape index (κ2) is 3.46. The molecule has 0 aromatic heterocycles. The summed E-state index contributed by atoms with van der Waals surface area (Å²) in [6, 6.07) is 0. The third kappa shape index (κ3) is 3.09. The summed E-state index contributed by atoms with van der Waals surface area (Å²) in [5.74, 6) is 0. The van der Waals surface area contributed by atoms with Crippen LogP contribution in [0.2, 0.25) is 0 Å². The van der Waals surface area contributed by atoms with Gasteiger partial charge in [-0.25, -0.2) is 0 Å². The van der Waals surface area contributed by atoms with Crippen LogP contribution in [0.1, 0.15) is 12.8 Å². The molecule has 1 heteroatoms. The molecular formula is C8H12O. The Morgan fingerprint density at radius 1 is 1.44 bits per heavy atom. The van der Waals surface area contributed by atoms with Crippen molar-refractivity contribution in [3.05, 3.63) is 24.3 Å². The lowest BCUT2D eigenvalue weighted by molar-refractivity contribution is 0.194. The van der Waals surface area contributed by atoms with Crippen molar-refractivity contribution >= 4 is 0 Å². The van der Waals surface area contributed by atoms with Gasteiger partial charge in [-0.1, -0.05) is 17.7 Å². The highest BCUT2D eigenvalue weighted by atomic mass is 16.5. The summed E-state index contributed by atoms with van der Waals surface area (Å²) in [4.78, 5) is 0. The Morgan fingerprint density at radius 3 is 2.78 bits per heavy atom. The minimum absolute atomic E-state index is 0.670. The van der Waals surface area contributed by atoms with Crippen LogP contribution in [0.15, 0.2) is 24.3 Å². The van der Waals surface area contributed by atoms with E-state index in [1.807, 2.05) is 0 Å². The standard InChI is InChI=1S/C8H12O/c1-2-6-9-7-5-8-3-4-8/h2,5H,1,3-4,6-7H2. The zero-order valence-electron chi connectivity index (χ0n) is 5.60. The van der Waals surface area contributed by atoms with Crippen LogP contribution in [-0.2, 0) is 4.74 Å². The summed E-state index contributed by atoms with van der Waals surface area (Å²) in [6.07, 6.45) is 6.50. The summed E-state index contributed by atoms with van der Waals surface area (Å²) >= 11 is 0. The van der Waals surface area contributed by atoms with Gasteiger partial charge in [-0.15, -0.1) is 6.58 Å². The molecule has 1 saturated carbocycles. The lowest BCUT2D eigenvalue weighted by Gasteiger charge is -1.91. The van der Waals surface area contributed by atoms with E-state index in [-0.39, 0.29) is 0 Å². The van der Waals surface area contributed by atoms with Crippen molar-refractivity contribution in [1.29, 1.82) is 0 Å². The smallest absolute Gasteiger partial charge is 0.0654 e. The molecule has 0 unspecified atom stereocenters. The van der Waals surface area contributed by atoms with Gasteiger partial charge < -0.3 is 4.74 Å². The molecule has 0 spiro atoms. The first-order chi connectivity index (χ1) is 4.43. The van der Waals surface area contributed by atoms with E-state index in [0.717, 1.165) is 6.61 Å². The lowest BCUT2D eigenvalue weighted by Crippen LogP contribution is -1.88. The molecule has 1 nitrogen and oxygen atoms in total. The van der Waals surface area contributed by atoms with Crippen LogP contribution in [0.25, 0.3) is 0 Å². The normalized spacial score (nSPS) is 15.3. The van der Waals surface area contributed by atoms with E-state index >= 15 is 0 Å². The molecule has 0 saturated heterocycles. The Bertz CT molecular complexity index is 119. The molecule has 0 aromatic carbocycles. The second-order valence-corrected chi connectivity index (χ2v) is 2.19. The Hall–Kier alpha value is -0.560. The van der Waals surface area contributed by atoms with E-state index < -0.39 is 0 Å². The SMILES string of the molecule is C=CCOCC=C1CC1. The minimum Gasteiger partial charge on any atom is -0.373 e. The molecule has 50 valence electrons. The van der Waals surface area contributed by atoms with E-state index in [4.69, 9.17) is 4.74 Å². The zero-order chi connectivity index (χ0) is 6.53. The summed E-state index contributed by atoms with van der Waals surface area (Å²) in [5, 5.41) is 0. The Balaban J connectivity index is 1.92. The predicted octanol–water partition coefficient (Wildman–Crippen LogP) is 1.91. The van der Waals surface area contributed by atoms with E-state index in [1.54, 1.807) is 11.6 Å². The largest absolute Gasteiger partial charge is 0.373 e. The number of rotatable bonds is 4. The van der Waals surface area contributed by atoms with Gasteiger partial charge in [-0.2, -0.15) is 0 Å². The molecule has 9 heavy (non-hydrogen) atoms. The van der Waals surface area contributed by atoms with Gasteiger partial charge in [0.1, 0.15) is 0 Å². The summed E-state index contributed by atoms with van der Waals surface area (Å²) in [7, 11) is 0. The topological polar surface area (TPSA) is 9.23 Å². The molecule has 1 fully saturated rings. The minimum atomic E-state index is 0.670. The Kier molecular flexibility index (Phi) is 2.52. The Morgan fingerprint density at radius 2 is 2.22 bits per heavy atom. The van der Waals surface area contributed by atoms with Crippen molar-refractivity contribution in [2.45, 2.75) is 12.8 Å². The van der Waals surface area contributed by atoms with Gasteiger partial charge in [0.15, 0.2) is 0 Å². The maximum atomic E-state index is 5.14. The molecule has 0 amide bonds. The molecule has 0 N–H and O–H groups in total. The number of hydrogen-bond acceptors (Lipinski definition) is 1. The highest BCUT2D eigenvalue weighted by molar-refractivity contribution is 5.16. The van der Waals surface area contributed by atoms with Crippen molar-refractivity contribution < 1.29 is 4.74 Å². The Labute approximate surface area is 56.0 Å². The van der Waals surface area contributed by atoms with E-state index in [9.17, 15) is 0 Å². The van der Waals surface area contributed by atoms with Gasteiger partial charge in [0.25, 0.3) is 0 Å². The van der Waals surface area contributed by atoms with Crippen molar-refractivity contribution in [3.63, 3.8) is 0 Å². The van der Waals surface area contributed by atoms with Gasteiger partial charge in [0.2, 0.25) is 0 Å². The average molecular weight is 124 g/mol. The number of ether oxygens (including phenoxy) is 1. The first-order valence-electron chi connectivity index (χ1n) is 3.30. The molecule has 1 rings (SSSR count). The molecule has 0 aromatic rings. The molecule has 0 aliphatic heterocycles. The fourth-order valence-electron chi connectivity index (χ4n) is 0.604. The molecule has 1 aliphatic rings. The first kappa shape index (κ1) is 6.56. The van der Waals surface area contributed by atoms with Crippen LogP contribution in [0, 0.1) is 0 Å². The molecule has 0 radical (unpaired) electrons. The van der Waals surface area contributed by atoms with Crippen LogP contribution in [0.5, 0.6) is 0 Å². The predicted molar refractivity (Wildman–Crippen MR) is 38.3 cm³/mol. The van der Waals surface area contributed by atoms with Crippen LogP contribution in [0.3, 0.4) is 0 Å². The van der Waals surface area contributed by atoms with Gasteiger partial charge in [0.05, 0.1) is 13.2 Å². The van der Waals surface area contributed by atoms with Gasteiger partial charge in [-0.05, 0) is 12.8 Å². The third-order valence-electron chi connectivity index (χ3n) is 1.26. The summed E-state index contributed by atoms with van der Waals surface area (Å²) in [5.41, 5.74) is 1.54. The van der Waals surface area contributed by atoms with Crippen LogP contribution in [0.4, 0.5) is 0 Å². The molecule has 0 atom stereocenters. The van der Waals surface area contributed by atoms with Gasteiger partial charge in [-0.3, -0.25) is 0 Å². The third-order valence-corrected chi connectivity index (χ3v) is 1.26. The summed E-state index contributed by atoms with van der Waals surface area (Å²) in [6.45, 7) is 4.98. The van der Waals surface area contributed by atoms with Crippen molar-refractivity contribution in [3.8, 4) is 0 Å². The van der Waals surface area contributed by atoms with Crippen molar-refractivity contribution in [2.75, 3.05) is 13.2 Å². The molecule has 0 bridgehead atoms. The maximum absolute atomic E-state index is 5.14. The van der Waals surface area contributed by atoms with Crippen LogP contribution in [-0.4, -0.2) is 13.2 Å². The maximum Gasteiger partial charge on any atom is 0.0654 e. The fraction of sp³-hybridized carbons (Fsp3) is 0.500. The zero-order valence-corrected chi connectivity index (χ0v) is 5.60. The van der Waals surface area contributed by atoms with E-state index in [0.29, 0.717) is 6.61 Å². The van der Waals surface area contributed by atoms with Gasteiger partial charge >= 0.3 is 0 Å². The lowest BCUT2D eigenvalue weighted by atomic mass is 10.5. The highest BCUT2D eigenvalue weighted by Gasteiger charge is 2.08. The number of allylic oxidation sites excluding steroid dienone is 1. The molecular weight excluding hydrogens is 112 g/mol. The van der Waals surface area contributed by atoms with Gasteiger partial charge in [0, 0.05) is 0 Å². The quantitative estimate of drug-likeness (QED) is 0.411. The van der Waals surface area contributed by atoms with Crippen molar-refractivity contribution in [2.24, 2.45) is 0 Å². The number of hydrogen-bond donors (Lipinski definition) is 0. The molecule has 0 heterocycles. The van der Waals surface area contributed by atoms with Crippen LogP contribution < -0.4 is 0 Å². The first-order valence-corrected chi connectivity index (χ1v) is 3.30. The molecule has 1 aliphatic carbocycles. The van der Waals surface area contributed by atoms with Crippen molar-refractivity contribution in [1.82, 2.24) is 0 Å². The van der Waals surface area contributed by atoms with Crippen LogP contribution >= 0.6 is 0 Å².